The van der Waals surface area contributed by atoms with E-state index in [9.17, 15) is 0 Å². The summed E-state index contributed by atoms with van der Waals surface area (Å²) in [6.07, 6.45) is 3.56. The molecule has 0 aromatic heterocycles. The van der Waals surface area contributed by atoms with Crippen LogP contribution in [0.3, 0.4) is 0 Å². The summed E-state index contributed by atoms with van der Waals surface area (Å²) < 4.78 is 0. The molecule has 0 amide bonds. The monoisotopic (exact) mass is 283 g/mol. The number of amidine groups is 1. The number of nitrogens with zero attached hydrogens (tertiary/aromatic N) is 2. The van der Waals surface area contributed by atoms with Crippen molar-refractivity contribution < 1.29 is 0 Å². The molecule has 0 unspecified atom stereocenters. The van der Waals surface area contributed by atoms with Crippen LogP contribution in [-0.4, -0.2) is 24.1 Å². The summed E-state index contributed by atoms with van der Waals surface area (Å²) in [5, 5.41) is 5.61. The molecular formula is C16H17N3S. The highest BCUT2D eigenvalue weighted by Gasteiger charge is 2.36. The second-order valence-electron chi connectivity index (χ2n) is 4.88. The molecule has 1 aromatic rings. The molecule has 1 N–H and O–H groups in total. The van der Waals surface area contributed by atoms with Gasteiger partial charge in [-0.3, -0.25) is 9.98 Å². The van der Waals surface area contributed by atoms with Crippen molar-refractivity contribution in [1.29, 1.82) is 0 Å². The maximum atomic E-state index is 4.58. The van der Waals surface area contributed by atoms with Crippen molar-refractivity contribution in [3.05, 3.63) is 53.5 Å². The summed E-state index contributed by atoms with van der Waals surface area (Å²) in [5.41, 5.74) is 3.82. The van der Waals surface area contributed by atoms with Gasteiger partial charge in [-0.25, -0.2) is 0 Å². The first-order valence-electron chi connectivity index (χ1n) is 6.65. The van der Waals surface area contributed by atoms with Crippen molar-refractivity contribution in [2.75, 3.05) is 6.54 Å². The highest BCUT2D eigenvalue weighted by Crippen LogP contribution is 2.43. The molecule has 0 fully saturated rings. The molecule has 2 aliphatic rings. The summed E-state index contributed by atoms with van der Waals surface area (Å²) in [7, 11) is 0. The van der Waals surface area contributed by atoms with E-state index in [2.05, 4.69) is 58.5 Å². The third-order valence-corrected chi connectivity index (χ3v) is 4.52. The number of thioether (sulfide) groups is 1. The summed E-state index contributed by atoms with van der Waals surface area (Å²) in [6, 6.07) is 8.64. The molecule has 20 heavy (non-hydrogen) atoms. The van der Waals surface area contributed by atoms with Crippen LogP contribution in [0.5, 0.6) is 0 Å². The smallest absolute Gasteiger partial charge is 0.115 e. The van der Waals surface area contributed by atoms with E-state index < -0.39 is 0 Å². The Morgan fingerprint density at radius 2 is 2.20 bits per heavy atom. The van der Waals surface area contributed by atoms with E-state index in [1.807, 2.05) is 6.08 Å². The van der Waals surface area contributed by atoms with Crippen molar-refractivity contribution in [2.45, 2.75) is 12.3 Å². The molecule has 2 atom stereocenters. The molecule has 3 rings (SSSR count). The molecule has 0 saturated carbocycles. The fourth-order valence-electron chi connectivity index (χ4n) is 2.42. The van der Waals surface area contributed by atoms with Gasteiger partial charge in [0.15, 0.2) is 0 Å². The van der Waals surface area contributed by atoms with Crippen LogP contribution in [0, 0.1) is 12.8 Å². The standard InChI is InChI=1S/C16H17N3S/c1-3-8-17-15-14-13(9-20-16(14)19-10-18-15)12-6-4-11(2)5-7-12/h3-7,9-10,14,16H,1,8H2,2H3,(H,17,18,19)/t14-,16+/m0/s1. The van der Waals surface area contributed by atoms with Gasteiger partial charge in [-0.1, -0.05) is 35.9 Å². The van der Waals surface area contributed by atoms with Crippen molar-refractivity contribution in [2.24, 2.45) is 15.9 Å². The summed E-state index contributed by atoms with van der Waals surface area (Å²) in [5.74, 6) is 1.20. The molecule has 0 bridgehead atoms. The minimum absolute atomic E-state index is 0.205. The molecule has 102 valence electrons. The second kappa shape index (κ2) is 5.67. The molecule has 1 aromatic carbocycles. The lowest BCUT2D eigenvalue weighted by molar-refractivity contribution is 0.792. The van der Waals surface area contributed by atoms with Crippen LogP contribution in [0.25, 0.3) is 5.57 Å². The number of hydrogen-bond acceptors (Lipinski definition) is 3. The summed E-state index contributed by atoms with van der Waals surface area (Å²) in [4.78, 5) is 9.09. The number of nitrogens with one attached hydrogen (secondary N) is 1. The normalized spacial score (nSPS) is 26.1. The lowest BCUT2D eigenvalue weighted by Gasteiger charge is -2.25. The lowest BCUT2D eigenvalue weighted by Crippen LogP contribution is -2.39. The zero-order chi connectivity index (χ0) is 13.9. The third-order valence-electron chi connectivity index (χ3n) is 3.46. The molecule has 0 saturated heterocycles. The predicted octanol–water partition coefficient (Wildman–Crippen LogP) is 3.24. The largest absolute Gasteiger partial charge is 0.335 e. The maximum Gasteiger partial charge on any atom is 0.115 e. The van der Waals surface area contributed by atoms with Gasteiger partial charge in [-0.15, -0.1) is 18.3 Å². The average molecular weight is 283 g/mol. The van der Waals surface area contributed by atoms with E-state index in [0.717, 1.165) is 5.84 Å². The van der Waals surface area contributed by atoms with Crippen molar-refractivity contribution in [1.82, 2.24) is 5.32 Å². The molecule has 0 radical (unpaired) electrons. The molecule has 3 nitrogen and oxygen atoms in total. The zero-order valence-electron chi connectivity index (χ0n) is 11.4. The fraction of sp³-hybridized carbons (Fsp3) is 0.250. The van der Waals surface area contributed by atoms with E-state index in [1.165, 1.54) is 16.7 Å². The minimum Gasteiger partial charge on any atom is -0.335 e. The highest BCUT2D eigenvalue weighted by atomic mass is 32.2. The SMILES string of the molecule is C=CCN=C1NC=N[C@@H]2SC=C(c3ccc(C)cc3)[C@@H]12. The van der Waals surface area contributed by atoms with E-state index >= 15 is 0 Å². The first-order chi connectivity index (χ1) is 9.79. The van der Waals surface area contributed by atoms with Gasteiger partial charge in [0.25, 0.3) is 0 Å². The second-order valence-corrected chi connectivity index (χ2v) is 5.87. The summed E-state index contributed by atoms with van der Waals surface area (Å²) >= 11 is 1.76. The molecule has 2 heterocycles. The highest BCUT2D eigenvalue weighted by molar-refractivity contribution is 8.03. The Balaban J connectivity index is 1.94. The van der Waals surface area contributed by atoms with Gasteiger partial charge >= 0.3 is 0 Å². The van der Waals surface area contributed by atoms with E-state index in [4.69, 9.17) is 0 Å². The number of fused-ring (bicyclic) bond motifs is 1. The van der Waals surface area contributed by atoms with Gasteiger partial charge in [-0.2, -0.15) is 0 Å². The van der Waals surface area contributed by atoms with E-state index in [1.54, 1.807) is 18.1 Å². The zero-order valence-corrected chi connectivity index (χ0v) is 12.2. The van der Waals surface area contributed by atoms with Gasteiger partial charge in [-0.05, 0) is 23.5 Å². The van der Waals surface area contributed by atoms with Gasteiger partial charge < -0.3 is 5.32 Å². The Morgan fingerprint density at radius 3 is 2.95 bits per heavy atom. The van der Waals surface area contributed by atoms with Crippen molar-refractivity contribution >= 4 is 29.5 Å². The van der Waals surface area contributed by atoms with Crippen molar-refractivity contribution in [3.63, 3.8) is 0 Å². The number of hydrogen-bond donors (Lipinski definition) is 1. The Bertz CT molecular complexity index is 599. The quantitative estimate of drug-likeness (QED) is 0.865. The van der Waals surface area contributed by atoms with Crippen LogP contribution >= 0.6 is 11.8 Å². The first kappa shape index (κ1) is 13.2. The summed E-state index contributed by atoms with van der Waals surface area (Å²) in [6.45, 7) is 6.46. The molecular weight excluding hydrogens is 266 g/mol. The number of aliphatic imine (C=N–C) groups is 2. The Kier molecular flexibility index (Phi) is 3.74. The fourth-order valence-corrected chi connectivity index (χ4v) is 3.55. The maximum absolute atomic E-state index is 4.58. The molecule has 2 aliphatic heterocycles. The number of rotatable bonds is 3. The number of aryl methyl sites for hydroxylation is 1. The van der Waals surface area contributed by atoms with Crippen LogP contribution in [0.1, 0.15) is 11.1 Å². The Morgan fingerprint density at radius 1 is 1.40 bits per heavy atom. The minimum atomic E-state index is 0.205. The van der Waals surface area contributed by atoms with Gasteiger partial charge in [0.1, 0.15) is 11.2 Å². The molecule has 0 spiro atoms. The van der Waals surface area contributed by atoms with Gasteiger partial charge in [0.05, 0.1) is 18.8 Å². The van der Waals surface area contributed by atoms with Gasteiger partial charge in [0, 0.05) is 0 Å². The van der Waals surface area contributed by atoms with Crippen LogP contribution in [0.4, 0.5) is 0 Å². The van der Waals surface area contributed by atoms with Crippen LogP contribution in [0.15, 0.2) is 52.3 Å². The van der Waals surface area contributed by atoms with Crippen molar-refractivity contribution in [3.8, 4) is 0 Å². The predicted molar refractivity (Wildman–Crippen MR) is 88.2 cm³/mol. The topological polar surface area (TPSA) is 36.8 Å². The van der Waals surface area contributed by atoms with E-state index in [0.29, 0.717) is 6.54 Å². The number of benzene rings is 1. The van der Waals surface area contributed by atoms with Gasteiger partial charge in [0.2, 0.25) is 0 Å². The Hall–Kier alpha value is -1.81. The molecule has 0 aliphatic carbocycles. The first-order valence-corrected chi connectivity index (χ1v) is 7.60. The molecule has 4 heteroatoms. The third kappa shape index (κ3) is 2.43. The van der Waals surface area contributed by atoms with Crippen LogP contribution in [-0.2, 0) is 0 Å². The van der Waals surface area contributed by atoms with Crippen LogP contribution in [0.2, 0.25) is 0 Å². The average Bonchev–Trinajstić information content (AvgIpc) is 2.90. The van der Waals surface area contributed by atoms with E-state index in [-0.39, 0.29) is 11.3 Å². The Labute approximate surface area is 123 Å². The van der Waals surface area contributed by atoms with Crippen LogP contribution < -0.4 is 5.32 Å². The lowest BCUT2D eigenvalue weighted by atomic mass is 9.91.